The highest BCUT2D eigenvalue weighted by atomic mass is 16.1. The minimum absolute atomic E-state index is 0.274. The van der Waals surface area contributed by atoms with Crippen molar-refractivity contribution in [3.05, 3.63) is 35.0 Å². The van der Waals surface area contributed by atoms with Crippen LogP contribution in [0.3, 0.4) is 0 Å². The molecule has 4 N–H and O–H groups in total. The minimum Gasteiger partial charge on any atom is -0.397 e. The summed E-state index contributed by atoms with van der Waals surface area (Å²) >= 11 is 0. The average Bonchev–Trinajstić information content (AvgIpc) is 2.21. The quantitative estimate of drug-likeness (QED) is 0.756. The second-order valence-electron chi connectivity index (χ2n) is 3.90. The van der Waals surface area contributed by atoms with E-state index in [1.807, 2.05) is 26.0 Å². The lowest BCUT2D eigenvalue weighted by Gasteiger charge is -2.08. The number of anilines is 1. The number of nitrogens with zero attached hydrogens (tertiary/aromatic N) is 1. The highest BCUT2D eigenvalue weighted by Gasteiger charge is 2.10. The Morgan fingerprint density at radius 1 is 1.25 bits per heavy atom. The van der Waals surface area contributed by atoms with E-state index in [4.69, 9.17) is 11.5 Å². The summed E-state index contributed by atoms with van der Waals surface area (Å²) in [5.74, 6) is -0.551. The first-order valence-corrected chi connectivity index (χ1v) is 4.96. The van der Waals surface area contributed by atoms with E-state index in [-0.39, 0.29) is 5.56 Å². The van der Waals surface area contributed by atoms with Gasteiger partial charge in [0.15, 0.2) is 0 Å². The number of rotatable bonds is 1. The number of fused-ring (bicyclic) bond motifs is 1. The molecule has 82 valence electrons. The zero-order chi connectivity index (χ0) is 11.9. The highest BCUT2D eigenvalue weighted by molar-refractivity contribution is 6.05. The van der Waals surface area contributed by atoms with E-state index in [0.717, 1.165) is 22.0 Å². The summed E-state index contributed by atoms with van der Waals surface area (Å²) < 4.78 is 0. The zero-order valence-corrected chi connectivity index (χ0v) is 9.24. The Labute approximate surface area is 93.3 Å². The molecular weight excluding hydrogens is 202 g/mol. The molecule has 1 aromatic heterocycles. The van der Waals surface area contributed by atoms with Crippen LogP contribution in [0.2, 0.25) is 0 Å². The Morgan fingerprint density at radius 3 is 2.50 bits per heavy atom. The van der Waals surface area contributed by atoms with Crippen molar-refractivity contribution in [2.45, 2.75) is 13.8 Å². The Bertz CT molecular complexity index is 590. The first-order valence-electron chi connectivity index (χ1n) is 4.96. The van der Waals surface area contributed by atoms with Gasteiger partial charge in [0.2, 0.25) is 0 Å². The van der Waals surface area contributed by atoms with Crippen LogP contribution >= 0.6 is 0 Å². The van der Waals surface area contributed by atoms with E-state index >= 15 is 0 Å². The van der Waals surface area contributed by atoms with Crippen molar-refractivity contribution in [3.63, 3.8) is 0 Å². The van der Waals surface area contributed by atoms with Gasteiger partial charge in [0.1, 0.15) is 0 Å². The van der Waals surface area contributed by atoms with Crippen molar-refractivity contribution in [1.82, 2.24) is 4.98 Å². The molecular formula is C12H13N3O. The monoisotopic (exact) mass is 215 g/mol. The number of hydrogen-bond acceptors (Lipinski definition) is 3. The summed E-state index contributed by atoms with van der Waals surface area (Å²) in [5.41, 5.74) is 14.8. The molecule has 1 heterocycles. The van der Waals surface area contributed by atoms with Gasteiger partial charge in [0.25, 0.3) is 5.91 Å². The van der Waals surface area contributed by atoms with Gasteiger partial charge < -0.3 is 11.5 Å². The van der Waals surface area contributed by atoms with Gasteiger partial charge in [0.05, 0.1) is 16.8 Å². The lowest BCUT2D eigenvalue weighted by Crippen LogP contribution is -2.14. The van der Waals surface area contributed by atoms with Gasteiger partial charge in [-0.2, -0.15) is 0 Å². The largest absolute Gasteiger partial charge is 0.397 e. The Morgan fingerprint density at radius 2 is 1.88 bits per heavy atom. The smallest absolute Gasteiger partial charge is 0.252 e. The van der Waals surface area contributed by atoms with Gasteiger partial charge in [-0.15, -0.1) is 0 Å². The fourth-order valence-corrected chi connectivity index (χ4v) is 1.67. The molecule has 0 aliphatic heterocycles. The maximum Gasteiger partial charge on any atom is 0.252 e. The normalized spacial score (nSPS) is 10.6. The standard InChI is InChI=1S/C12H13N3O/c1-6-3-8-10(4-7(6)2)15-5-9(11(8)13)12(14)16/h3-5H,1-2H3,(H2,13,15)(H2,14,16). The van der Waals surface area contributed by atoms with E-state index in [1.54, 1.807) is 0 Å². The summed E-state index contributed by atoms with van der Waals surface area (Å²) in [7, 11) is 0. The van der Waals surface area contributed by atoms with Crippen molar-refractivity contribution in [2.24, 2.45) is 5.73 Å². The molecule has 0 bridgehead atoms. The third-order valence-corrected chi connectivity index (χ3v) is 2.79. The van der Waals surface area contributed by atoms with Crippen LogP contribution in [0, 0.1) is 13.8 Å². The van der Waals surface area contributed by atoms with Crippen LogP contribution in [-0.4, -0.2) is 10.9 Å². The predicted octanol–water partition coefficient (Wildman–Crippen LogP) is 1.53. The molecule has 0 aliphatic carbocycles. The van der Waals surface area contributed by atoms with Crippen LogP contribution in [0.25, 0.3) is 10.9 Å². The Kier molecular flexibility index (Phi) is 2.27. The number of hydrogen-bond donors (Lipinski definition) is 2. The van der Waals surface area contributed by atoms with Gasteiger partial charge in [-0.25, -0.2) is 0 Å². The third-order valence-electron chi connectivity index (χ3n) is 2.79. The van der Waals surface area contributed by atoms with E-state index in [9.17, 15) is 4.79 Å². The Hall–Kier alpha value is -2.10. The maximum absolute atomic E-state index is 11.1. The number of carbonyl (C=O) groups is 1. The van der Waals surface area contributed by atoms with Crippen LogP contribution in [0.5, 0.6) is 0 Å². The van der Waals surface area contributed by atoms with Crippen LogP contribution in [0.15, 0.2) is 18.3 Å². The van der Waals surface area contributed by atoms with Crippen molar-refractivity contribution in [1.29, 1.82) is 0 Å². The molecule has 0 fully saturated rings. The predicted molar refractivity (Wildman–Crippen MR) is 64.1 cm³/mol. The van der Waals surface area contributed by atoms with Gasteiger partial charge >= 0.3 is 0 Å². The van der Waals surface area contributed by atoms with Crippen molar-refractivity contribution >= 4 is 22.5 Å². The average molecular weight is 215 g/mol. The lowest BCUT2D eigenvalue weighted by molar-refractivity contribution is 0.100. The van der Waals surface area contributed by atoms with E-state index in [2.05, 4.69) is 4.98 Å². The van der Waals surface area contributed by atoms with Gasteiger partial charge in [-0.3, -0.25) is 9.78 Å². The van der Waals surface area contributed by atoms with Crippen molar-refractivity contribution < 1.29 is 4.79 Å². The minimum atomic E-state index is -0.551. The summed E-state index contributed by atoms with van der Waals surface area (Å²) in [6, 6.07) is 3.88. The molecule has 1 aromatic carbocycles. The van der Waals surface area contributed by atoms with Gasteiger partial charge in [-0.1, -0.05) is 0 Å². The molecule has 0 radical (unpaired) electrons. The molecule has 2 rings (SSSR count). The summed E-state index contributed by atoms with van der Waals surface area (Å²) in [4.78, 5) is 15.3. The first kappa shape index (κ1) is 10.4. The number of aromatic nitrogens is 1. The van der Waals surface area contributed by atoms with Gasteiger partial charge in [-0.05, 0) is 37.1 Å². The summed E-state index contributed by atoms with van der Waals surface area (Å²) in [6.07, 6.45) is 1.43. The number of primary amides is 1. The Balaban J connectivity index is 2.84. The number of nitrogens with two attached hydrogens (primary N) is 2. The molecule has 4 heteroatoms. The van der Waals surface area contributed by atoms with Crippen LogP contribution in [-0.2, 0) is 0 Å². The molecule has 4 nitrogen and oxygen atoms in total. The molecule has 0 aliphatic rings. The highest BCUT2D eigenvalue weighted by Crippen LogP contribution is 2.25. The number of carbonyl (C=O) groups excluding carboxylic acids is 1. The van der Waals surface area contributed by atoms with E-state index in [1.165, 1.54) is 6.20 Å². The molecule has 2 aromatic rings. The number of nitrogen functional groups attached to an aromatic ring is 1. The second-order valence-corrected chi connectivity index (χ2v) is 3.90. The maximum atomic E-state index is 11.1. The molecule has 0 atom stereocenters. The molecule has 0 saturated heterocycles. The van der Waals surface area contributed by atoms with Crippen LogP contribution in [0.1, 0.15) is 21.5 Å². The molecule has 0 spiro atoms. The SMILES string of the molecule is Cc1cc2ncc(C(N)=O)c(N)c2cc1C. The molecule has 0 unspecified atom stereocenters. The summed E-state index contributed by atoms with van der Waals surface area (Å²) in [6.45, 7) is 4.00. The fraction of sp³-hybridized carbons (Fsp3) is 0.167. The molecule has 0 saturated carbocycles. The first-order chi connectivity index (χ1) is 7.50. The molecule has 1 amide bonds. The number of amides is 1. The topological polar surface area (TPSA) is 82.0 Å². The molecule has 16 heavy (non-hydrogen) atoms. The van der Waals surface area contributed by atoms with E-state index in [0.29, 0.717) is 5.69 Å². The fourth-order valence-electron chi connectivity index (χ4n) is 1.67. The number of aryl methyl sites for hydroxylation is 2. The number of pyridine rings is 1. The van der Waals surface area contributed by atoms with Crippen molar-refractivity contribution in [2.75, 3.05) is 5.73 Å². The van der Waals surface area contributed by atoms with Crippen molar-refractivity contribution in [3.8, 4) is 0 Å². The van der Waals surface area contributed by atoms with Gasteiger partial charge in [0, 0.05) is 11.6 Å². The lowest BCUT2D eigenvalue weighted by atomic mass is 10.0. The van der Waals surface area contributed by atoms with E-state index < -0.39 is 5.91 Å². The van der Waals surface area contributed by atoms with Crippen LogP contribution < -0.4 is 11.5 Å². The third kappa shape index (κ3) is 1.48. The second kappa shape index (κ2) is 3.48. The summed E-state index contributed by atoms with van der Waals surface area (Å²) in [5, 5.41) is 0.777. The van der Waals surface area contributed by atoms with Crippen LogP contribution in [0.4, 0.5) is 5.69 Å². The number of benzene rings is 1. The zero-order valence-electron chi connectivity index (χ0n) is 9.24.